The molecular weight excluding hydrogens is 659 g/mol. The number of nitrogens with one attached hydrogen (secondary N) is 1. The number of benzene rings is 8. The van der Waals surface area contributed by atoms with Gasteiger partial charge in [0.2, 0.25) is 0 Å². The summed E-state index contributed by atoms with van der Waals surface area (Å²) >= 11 is 0. The molecule has 1 aliphatic rings. The summed E-state index contributed by atoms with van der Waals surface area (Å²) in [6.07, 6.45) is -0.252. The highest BCUT2D eigenvalue weighted by molar-refractivity contribution is 6.25. The number of amidine groups is 2. The zero-order chi connectivity index (χ0) is 35.6. The van der Waals surface area contributed by atoms with Gasteiger partial charge in [0.05, 0.1) is 22.1 Å². The van der Waals surface area contributed by atoms with Crippen molar-refractivity contribution in [1.82, 2.24) is 14.5 Å². The number of nitrogens with zero attached hydrogens (tertiary/aromatic N) is 4. The lowest BCUT2D eigenvalue weighted by Crippen LogP contribution is -2.33. The van der Waals surface area contributed by atoms with Crippen LogP contribution in [0.5, 0.6) is 0 Å². The standard InChI is InChI=1S/C49H33N5/c1-4-15-33(16-5-1)47-50-48(34-17-6-2-7-18-34)52-49(51-47)35-24-27-37(28-25-35)54-43-29-26-32-14-10-11-21-38(32)46(43)41-30-40-39-22-12-13-23-42(39)53(44(40)31-45(41)54)36-19-8-3-9-20-36/h1-31,47H,(H,50,51,52). The van der Waals surface area contributed by atoms with Crippen molar-refractivity contribution in [3.8, 4) is 11.4 Å². The summed E-state index contributed by atoms with van der Waals surface area (Å²) in [5.41, 5.74) is 10.0. The van der Waals surface area contributed by atoms with Crippen LogP contribution in [0, 0.1) is 0 Å². The Hall–Kier alpha value is -7.24. The van der Waals surface area contributed by atoms with Gasteiger partial charge in [-0.15, -0.1) is 0 Å². The van der Waals surface area contributed by atoms with Crippen LogP contribution in [-0.2, 0) is 0 Å². The number of para-hydroxylation sites is 2. The molecule has 0 amide bonds. The summed E-state index contributed by atoms with van der Waals surface area (Å²) in [6, 6.07) is 66.8. The first-order valence-electron chi connectivity index (χ1n) is 18.4. The maximum atomic E-state index is 5.06. The molecule has 0 aliphatic carbocycles. The molecule has 54 heavy (non-hydrogen) atoms. The molecule has 8 aromatic carbocycles. The van der Waals surface area contributed by atoms with Gasteiger partial charge in [0.1, 0.15) is 12.0 Å². The van der Waals surface area contributed by atoms with Crippen LogP contribution < -0.4 is 5.32 Å². The molecule has 1 atom stereocenters. The minimum absolute atomic E-state index is 0.252. The maximum Gasteiger partial charge on any atom is 0.159 e. The van der Waals surface area contributed by atoms with E-state index >= 15 is 0 Å². The number of aliphatic imine (C=N–C) groups is 2. The Labute approximate surface area is 311 Å². The van der Waals surface area contributed by atoms with Crippen molar-refractivity contribution in [3.63, 3.8) is 0 Å². The molecule has 1 aliphatic heterocycles. The average Bonchev–Trinajstić information content (AvgIpc) is 3.76. The van der Waals surface area contributed by atoms with Gasteiger partial charge in [0.15, 0.2) is 5.84 Å². The van der Waals surface area contributed by atoms with Gasteiger partial charge in [0, 0.05) is 44.0 Å². The average molecular weight is 692 g/mol. The first-order chi connectivity index (χ1) is 26.8. The van der Waals surface area contributed by atoms with Crippen molar-refractivity contribution in [2.75, 3.05) is 0 Å². The van der Waals surface area contributed by atoms with Crippen LogP contribution in [0.3, 0.4) is 0 Å². The van der Waals surface area contributed by atoms with Crippen molar-refractivity contribution >= 4 is 66.1 Å². The number of aromatic nitrogens is 2. The fraction of sp³-hybridized carbons (Fsp3) is 0.0204. The highest BCUT2D eigenvalue weighted by atomic mass is 15.2. The zero-order valence-electron chi connectivity index (χ0n) is 29.3. The van der Waals surface area contributed by atoms with Crippen LogP contribution in [0.2, 0.25) is 0 Å². The topological polar surface area (TPSA) is 46.6 Å². The molecule has 0 radical (unpaired) electrons. The second-order valence-corrected chi connectivity index (χ2v) is 13.9. The molecule has 5 nitrogen and oxygen atoms in total. The van der Waals surface area contributed by atoms with Gasteiger partial charge < -0.3 is 14.5 Å². The van der Waals surface area contributed by atoms with Crippen LogP contribution in [-0.4, -0.2) is 20.8 Å². The Kier molecular flexibility index (Phi) is 6.85. The third-order valence-electron chi connectivity index (χ3n) is 10.8. The third kappa shape index (κ3) is 4.79. The van der Waals surface area contributed by atoms with Crippen molar-refractivity contribution < 1.29 is 0 Å². The van der Waals surface area contributed by atoms with Gasteiger partial charge in [-0.2, -0.15) is 0 Å². The minimum atomic E-state index is -0.252. The second-order valence-electron chi connectivity index (χ2n) is 13.9. The van der Waals surface area contributed by atoms with E-state index < -0.39 is 0 Å². The molecule has 0 saturated carbocycles. The SMILES string of the molecule is c1ccc(C2=NC(c3ccccc3)NC(c3ccc(-n4c5cc6c(cc5c5c7ccccc7ccc54)c4ccccc4n6-c4ccccc4)cc3)=N2)cc1. The molecule has 5 heteroatoms. The van der Waals surface area contributed by atoms with E-state index in [0.29, 0.717) is 0 Å². The van der Waals surface area contributed by atoms with Crippen LogP contribution in [0.15, 0.2) is 198 Å². The summed E-state index contributed by atoms with van der Waals surface area (Å²) in [4.78, 5) is 10.1. The number of hydrogen-bond acceptors (Lipinski definition) is 3. The van der Waals surface area contributed by atoms with Crippen LogP contribution in [0.1, 0.15) is 22.9 Å². The molecule has 0 bridgehead atoms. The van der Waals surface area contributed by atoms with Crippen molar-refractivity contribution in [2.45, 2.75) is 6.17 Å². The number of fused-ring (bicyclic) bond motifs is 8. The minimum Gasteiger partial charge on any atom is -0.344 e. The molecule has 1 unspecified atom stereocenters. The van der Waals surface area contributed by atoms with E-state index in [1.54, 1.807) is 0 Å². The summed E-state index contributed by atoms with van der Waals surface area (Å²) in [7, 11) is 0. The van der Waals surface area contributed by atoms with Gasteiger partial charge in [0.25, 0.3) is 0 Å². The number of hydrogen-bond donors (Lipinski definition) is 1. The lowest BCUT2D eigenvalue weighted by Gasteiger charge is -2.23. The first kappa shape index (κ1) is 30.4. The Balaban J connectivity index is 1.12. The van der Waals surface area contributed by atoms with E-state index in [0.717, 1.165) is 45.3 Å². The predicted molar refractivity (Wildman–Crippen MR) is 224 cm³/mol. The largest absolute Gasteiger partial charge is 0.344 e. The highest BCUT2D eigenvalue weighted by Gasteiger charge is 2.23. The van der Waals surface area contributed by atoms with E-state index in [1.165, 1.54) is 48.9 Å². The quantitative estimate of drug-likeness (QED) is 0.192. The normalized spacial score (nSPS) is 14.5. The molecule has 0 fully saturated rings. The van der Waals surface area contributed by atoms with Crippen molar-refractivity contribution in [1.29, 1.82) is 0 Å². The van der Waals surface area contributed by atoms with Crippen LogP contribution >= 0.6 is 0 Å². The monoisotopic (exact) mass is 691 g/mol. The Morgan fingerprint density at radius 3 is 1.85 bits per heavy atom. The van der Waals surface area contributed by atoms with Gasteiger partial charge in [-0.25, -0.2) is 9.98 Å². The third-order valence-corrected chi connectivity index (χ3v) is 10.8. The van der Waals surface area contributed by atoms with E-state index in [-0.39, 0.29) is 6.17 Å². The first-order valence-corrected chi connectivity index (χ1v) is 18.4. The predicted octanol–water partition coefficient (Wildman–Crippen LogP) is 11.5. The molecule has 3 heterocycles. The van der Waals surface area contributed by atoms with Crippen LogP contribution in [0.25, 0.3) is 65.8 Å². The molecule has 10 aromatic rings. The smallest absolute Gasteiger partial charge is 0.159 e. The Morgan fingerprint density at radius 2 is 1.06 bits per heavy atom. The molecule has 2 aromatic heterocycles. The van der Waals surface area contributed by atoms with E-state index in [9.17, 15) is 0 Å². The summed E-state index contributed by atoms with van der Waals surface area (Å²) in [5, 5.41) is 11.1. The Bertz CT molecular complexity index is 3100. The lowest BCUT2D eigenvalue weighted by atomic mass is 10.0. The summed E-state index contributed by atoms with van der Waals surface area (Å²) < 4.78 is 4.82. The zero-order valence-corrected chi connectivity index (χ0v) is 29.3. The fourth-order valence-corrected chi connectivity index (χ4v) is 8.27. The molecule has 254 valence electrons. The van der Waals surface area contributed by atoms with Gasteiger partial charge in [-0.3, -0.25) is 0 Å². The van der Waals surface area contributed by atoms with E-state index in [4.69, 9.17) is 9.98 Å². The van der Waals surface area contributed by atoms with E-state index in [1.807, 2.05) is 24.3 Å². The highest BCUT2D eigenvalue weighted by Crippen LogP contribution is 2.42. The van der Waals surface area contributed by atoms with Crippen LogP contribution in [0.4, 0.5) is 0 Å². The molecule has 0 spiro atoms. The second kappa shape index (κ2) is 12.2. The molecule has 0 saturated heterocycles. The number of rotatable bonds is 5. The van der Waals surface area contributed by atoms with Gasteiger partial charge >= 0.3 is 0 Å². The molecule has 1 N–H and O–H groups in total. The maximum absolute atomic E-state index is 5.06. The summed E-state index contributed by atoms with van der Waals surface area (Å²) in [5.74, 6) is 1.51. The summed E-state index contributed by atoms with van der Waals surface area (Å²) in [6.45, 7) is 0. The van der Waals surface area contributed by atoms with E-state index in [2.05, 4.69) is 178 Å². The van der Waals surface area contributed by atoms with Crippen molar-refractivity contribution in [3.05, 3.63) is 205 Å². The van der Waals surface area contributed by atoms with Gasteiger partial charge in [-0.05, 0) is 77.0 Å². The lowest BCUT2D eigenvalue weighted by molar-refractivity contribution is 0.674. The van der Waals surface area contributed by atoms with Crippen molar-refractivity contribution in [2.24, 2.45) is 9.98 Å². The molecule has 11 rings (SSSR count). The Morgan fingerprint density at radius 1 is 0.426 bits per heavy atom. The molecular formula is C49H33N5. The van der Waals surface area contributed by atoms with Gasteiger partial charge in [-0.1, -0.05) is 127 Å². The fourth-order valence-electron chi connectivity index (χ4n) is 8.27.